The Morgan fingerprint density at radius 2 is 2.57 bits per heavy atom. The van der Waals surface area contributed by atoms with E-state index < -0.39 is 0 Å². The van der Waals surface area contributed by atoms with Crippen molar-refractivity contribution in [1.82, 2.24) is 14.9 Å². The summed E-state index contributed by atoms with van der Waals surface area (Å²) in [6.07, 6.45) is 3.27. The van der Waals surface area contributed by atoms with Gasteiger partial charge in [0.05, 0.1) is 6.21 Å². The van der Waals surface area contributed by atoms with Crippen LogP contribution in [0, 0.1) is 4.77 Å². The van der Waals surface area contributed by atoms with Gasteiger partial charge >= 0.3 is 0 Å². The molecule has 0 aromatic carbocycles. The summed E-state index contributed by atoms with van der Waals surface area (Å²) in [6.45, 7) is 0. The molecule has 0 bridgehead atoms. The summed E-state index contributed by atoms with van der Waals surface area (Å²) in [5.74, 6) is 0. The van der Waals surface area contributed by atoms with E-state index in [1.165, 1.54) is 11.0 Å². The fourth-order valence-corrected chi connectivity index (χ4v) is 2.28. The first-order valence-corrected chi connectivity index (χ1v) is 5.74. The van der Waals surface area contributed by atoms with Crippen LogP contribution in [-0.4, -0.2) is 21.1 Å². The SMILES string of the molecule is S=c1[nH]ncn1/N=C/c1cc(Br)cs1. The van der Waals surface area contributed by atoms with Gasteiger partial charge in [-0.15, -0.1) is 11.3 Å². The summed E-state index contributed by atoms with van der Waals surface area (Å²) < 4.78 is 3.04. The molecule has 0 atom stereocenters. The lowest BCUT2D eigenvalue weighted by Gasteiger charge is -1.87. The minimum atomic E-state index is 0.483. The Kier molecular flexibility index (Phi) is 2.90. The molecule has 0 saturated heterocycles. The maximum Gasteiger partial charge on any atom is 0.216 e. The largest absolute Gasteiger partial charge is 0.250 e. The molecule has 7 heteroatoms. The van der Waals surface area contributed by atoms with Crippen molar-refractivity contribution in [3.8, 4) is 0 Å². The quantitative estimate of drug-likeness (QED) is 0.682. The zero-order valence-electron chi connectivity index (χ0n) is 6.85. The molecular weight excluding hydrogens is 284 g/mol. The summed E-state index contributed by atoms with van der Waals surface area (Å²) in [6, 6.07) is 1.98. The van der Waals surface area contributed by atoms with Gasteiger partial charge in [0.15, 0.2) is 0 Å². The maximum absolute atomic E-state index is 4.93. The van der Waals surface area contributed by atoms with E-state index in [0.29, 0.717) is 4.77 Å². The van der Waals surface area contributed by atoms with E-state index >= 15 is 0 Å². The highest BCUT2D eigenvalue weighted by Crippen LogP contribution is 2.17. The first-order chi connectivity index (χ1) is 6.75. The molecule has 4 nitrogen and oxygen atoms in total. The van der Waals surface area contributed by atoms with Crippen LogP contribution >= 0.6 is 39.5 Å². The standard InChI is InChI=1S/C7H5BrN4S2/c8-5-1-6(14-3-5)2-10-12-4-9-11-7(12)13/h1-4H,(H,11,13)/b10-2+. The second kappa shape index (κ2) is 4.16. The van der Waals surface area contributed by atoms with E-state index in [0.717, 1.165) is 9.35 Å². The number of nitrogens with zero attached hydrogens (tertiary/aromatic N) is 3. The van der Waals surface area contributed by atoms with Gasteiger partial charge in [-0.25, -0.2) is 0 Å². The van der Waals surface area contributed by atoms with Crippen LogP contribution in [0.1, 0.15) is 4.88 Å². The molecule has 0 saturated carbocycles. The van der Waals surface area contributed by atoms with Gasteiger partial charge in [-0.05, 0) is 34.2 Å². The molecule has 0 fully saturated rings. The van der Waals surface area contributed by atoms with Crippen LogP contribution in [0.25, 0.3) is 0 Å². The molecule has 0 aliphatic rings. The van der Waals surface area contributed by atoms with Crippen molar-refractivity contribution in [2.45, 2.75) is 0 Å². The van der Waals surface area contributed by atoms with E-state index in [9.17, 15) is 0 Å². The Balaban J connectivity index is 2.23. The second-order valence-electron chi connectivity index (χ2n) is 2.42. The Bertz CT molecular complexity index is 509. The highest BCUT2D eigenvalue weighted by Gasteiger charge is 1.93. The molecule has 1 N–H and O–H groups in total. The molecule has 0 radical (unpaired) electrons. The number of aromatic amines is 1. The number of H-pyrrole nitrogens is 1. The van der Waals surface area contributed by atoms with E-state index in [1.54, 1.807) is 17.6 Å². The molecule has 0 aliphatic heterocycles. The number of aromatic nitrogens is 3. The molecule has 0 unspecified atom stereocenters. The van der Waals surface area contributed by atoms with Crippen molar-refractivity contribution in [3.05, 3.63) is 31.9 Å². The second-order valence-corrected chi connectivity index (χ2v) is 4.66. The van der Waals surface area contributed by atoms with Crippen molar-refractivity contribution in [2.24, 2.45) is 5.10 Å². The number of thiophene rings is 1. The third kappa shape index (κ3) is 2.17. The Morgan fingerprint density at radius 1 is 1.71 bits per heavy atom. The van der Waals surface area contributed by atoms with Crippen LogP contribution in [-0.2, 0) is 0 Å². The molecule has 0 amide bonds. The van der Waals surface area contributed by atoms with Gasteiger partial charge in [0.1, 0.15) is 6.33 Å². The van der Waals surface area contributed by atoms with E-state index in [1.807, 2.05) is 11.4 Å². The molecule has 0 aliphatic carbocycles. The first kappa shape index (κ1) is 9.75. The van der Waals surface area contributed by atoms with Crippen molar-refractivity contribution < 1.29 is 0 Å². The van der Waals surface area contributed by atoms with Crippen LogP contribution < -0.4 is 0 Å². The minimum absolute atomic E-state index is 0.483. The molecular formula is C7H5BrN4S2. The van der Waals surface area contributed by atoms with Crippen molar-refractivity contribution >= 4 is 45.7 Å². The average molecular weight is 289 g/mol. The van der Waals surface area contributed by atoms with Crippen molar-refractivity contribution in [3.63, 3.8) is 0 Å². The van der Waals surface area contributed by atoms with Crippen molar-refractivity contribution in [2.75, 3.05) is 0 Å². The Morgan fingerprint density at radius 3 is 3.14 bits per heavy atom. The molecule has 14 heavy (non-hydrogen) atoms. The van der Waals surface area contributed by atoms with Gasteiger partial charge in [0, 0.05) is 14.7 Å². The number of hydrogen-bond acceptors (Lipinski definition) is 4. The predicted octanol–water partition coefficient (Wildman–Crippen LogP) is 2.65. The maximum atomic E-state index is 4.93. The summed E-state index contributed by atoms with van der Waals surface area (Å²) in [5.41, 5.74) is 0. The fourth-order valence-electron chi connectivity index (χ4n) is 0.840. The van der Waals surface area contributed by atoms with Gasteiger partial charge in [0.25, 0.3) is 0 Å². The summed E-state index contributed by atoms with van der Waals surface area (Å²) in [7, 11) is 0. The van der Waals surface area contributed by atoms with Gasteiger partial charge in [0.2, 0.25) is 4.77 Å². The van der Waals surface area contributed by atoms with Crippen LogP contribution in [0.15, 0.2) is 27.3 Å². The minimum Gasteiger partial charge on any atom is -0.250 e. The molecule has 2 aromatic rings. The van der Waals surface area contributed by atoms with E-state index in [4.69, 9.17) is 12.2 Å². The highest BCUT2D eigenvalue weighted by atomic mass is 79.9. The van der Waals surface area contributed by atoms with E-state index in [2.05, 4.69) is 31.2 Å². The van der Waals surface area contributed by atoms with Crippen LogP contribution in [0.2, 0.25) is 0 Å². The van der Waals surface area contributed by atoms with Crippen LogP contribution in [0.5, 0.6) is 0 Å². The fraction of sp³-hybridized carbons (Fsp3) is 0. The van der Waals surface area contributed by atoms with Crippen molar-refractivity contribution in [1.29, 1.82) is 0 Å². The monoisotopic (exact) mass is 288 g/mol. The summed E-state index contributed by atoms with van der Waals surface area (Å²) in [4.78, 5) is 1.06. The van der Waals surface area contributed by atoms with Gasteiger partial charge < -0.3 is 0 Å². The molecule has 2 heterocycles. The highest BCUT2D eigenvalue weighted by molar-refractivity contribution is 9.10. The Labute approximate surface area is 97.4 Å². The molecule has 2 aromatic heterocycles. The normalized spacial score (nSPS) is 11.2. The van der Waals surface area contributed by atoms with Gasteiger partial charge in [-0.1, -0.05) is 0 Å². The third-order valence-electron chi connectivity index (χ3n) is 1.43. The lowest BCUT2D eigenvalue weighted by Crippen LogP contribution is -1.86. The lowest BCUT2D eigenvalue weighted by atomic mass is 10.5. The number of hydrogen-bond donors (Lipinski definition) is 1. The Hall–Kier alpha value is -0.790. The zero-order chi connectivity index (χ0) is 9.97. The summed E-state index contributed by atoms with van der Waals surface area (Å²) in [5, 5.41) is 12.5. The topological polar surface area (TPSA) is 46.0 Å². The lowest BCUT2D eigenvalue weighted by molar-refractivity contribution is 0.863. The number of rotatable bonds is 2. The molecule has 0 spiro atoms. The van der Waals surface area contributed by atoms with Gasteiger partial charge in [-0.3, -0.25) is 5.10 Å². The van der Waals surface area contributed by atoms with Crippen LogP contribution in [0.4, 0.5) is 0 Å². The third-order valence-corrected chi connectivity index (χ3v) is 3.34. The number of halogens is 1. The van der Waals surface area contributed by atoms with Crippen LogP contribution in [0.3, 0.4) is 0 Å². The smallest absolute Gasteiger partial charge is 0.216 e. The number of nitrogens with one attached hydrogen (secondary N) is 1. The molecule has 72 valence electrons. The zero-order valence-corrected chi connectivity index (χ0v) is 10.1. The predicted molar refractivity (Wildman–Crippen MR) is 62.4 cm³/mol. The summed E-state index contributed by atoms with van der Waals surface area (Å²) >= 11 is 9.90. The van der Waals surface area contributed by atoms with Gasteiger partial charge in [-0.2, -0.15) is 14.9 Å². The first-order valence-electron chi connectivity index (χ1n) is 3.66. The molecule has 2 rings (SSSR count). The van der Waals surface area contributed by atoms with E-state index in [-0.39, 0.29) is 0 Å². The average Bonchev–Trinajstić information content (AvgIpc) is 2.72.